The molecular formula is C22H35ClN4O. The second-order valence-corrected chi connectivity index (χ2v) is 6.97. The number of urea groups is 1. The van der Waals surface area contributed by atoms with E-state index in [0.717, 1.165) is 7.05 Å². The molecule has 2 aliphatic rings. The van der Waals surface area contributed by atoms with E-state index in [0.29, 0.717) is 4.90 Å². The van der Waals surface area contributed by atoms with Crippen molar-refractivity contribution in [2.24, 2.45) is 5.92 Å². The second kappa shape index (κ2) is 9.84. The van der Waals surface area contributed by atoms with Crippen molar-refractivity contribution in [1.29, 1.82) is 0 Å². The average molecular weight is 425 g/mol. The van der Waals surface area contributed by atoms with Gasteiger partial charge in [0.15, 0.2) is 0 Å². The summed E-state index contributed by atoms with van der Waals surface area (Å²) in [6, 6.07) is -3.90. The summed E-state index contributed by atoms with van der Waals surface area (Å²) in [4.78, 5) is 12.3. The number of hydrogen-bond acceptors (Lipinski definition) is 3. The first-order chi connectivity index (χ1) is 20.4. The molecule has 1 aliphatic carbocycles. The lowest BCUT2D eigenvalue weighted by Crippen LogP contribution is -2.47. The van der Waals surface area contributed by atoms with Gasteiger partial charge in [-0.2, -0.15) is 0 Å². The Kier molecular flexibility index (Phi) is 2.81. The average Bonchev–Trinajstić information content (AvgIpc) is 2.90. The number of amides is 2. The molecule has 0 spiro atoms. The lowest BCUT2D eigenvalue weighted by molar-refractivity contribution is 0.194. The lowest BCUT2D eigenvalue weighted by atomic mass is 9.84. The van der Waals surface area contributed by atoms with E-state index in [4.69, 9.17) is 36.3 Å². The van der Waals surface area contributed by atoms with Gasteiger partial charge in [-0.05, 0) is 63.0 Å². The fraction of sp³-hybridized carbons (Fsp3) is 0.682. The third-order valence-electron chi connectivity index (χ3n) is 4.48. The predicted octanol–water partition coefficient (Wildman–Crippen LogP) is 3.99. The Balaban J connectivity index is 2.04. The van der Waals surface area contributed by atoms with Crippen molar-refractivity contribution in [3.05, 3.63) is 28.7 Å². The largest absolute Gasteiger partial charge is 0.368 e. The van der Waals surface area contributed by atoms with Crippen LogP contribution >= 0.6 is 11.6 Å². The molecule has 0 radical (unpaired) electrons. The number of carbonyl (C=O) groups excluding carboxylic acids is 1. The van der Waals surface area contributed by atoms with Gasteiger partial charge in [0.25, 0.3) is 0 Å². The minimum atomic E-state index is -3.87. The third-order valence-corrected chi connectivity index (χ3v) is 4.94. The second-order valence-electron chi connectivity index (χ2n) is 6.59. The zero-order valence-corrected chi connectivity index (χ0v) is 16.4. The third kappa shape index (κ3) is 5.54. The first-order valence-corrected chi connectivity index (χ1v) is 9.22. The van der Waals surface area contributed by atoms with Gasteiger partial charge in [-0.1, -0.05) is 23.7 Å². The standard InChI is InChI=1S/C22H35ClN4O/c1-17-5-4-6-20(21(17)23)27-15-13-26(14-16-27)12-11-18-7-9-19(10-8-18)24-22(28)25(2)3/h4-6,18-19H,7-16H2,1-3H3,(H,24,28)/i2D3,4D,5D,6D,11D2,12D2,13D2,14D2,15D2,16D2. The van der Waals surface area contributed by atoms with Crippen LogP contribution in [0.25, 0.3) is 0 Å². The number of nitrogens with one attached hydrogen (secondary N) is 1. The number of benzene rings is 1. The van der Waals surface area contributed by atoms with E-state index in [2.05, 4.69) is 5.32 Å². The maximum absolute atomic E-state index is 12.3. The van der Waals surface area contributed by atoms with Crippen LogP contribution in [0.4, 0.5) is 10.5 Å². The monoisotopic (exact) mass is 424 g/mol. The highest BCUT2D eigenvalue weighted by atomic mass is 35.5. The Morgan fingerprint density at radius 3 is 2.75 bits per heavy atom. The Morgan fingerprint density at radius 1 is 1.36 bits per heavy atom. The van der Waals surface area contributed by atoms with E-state index in [1.54, 1.807) is 0 Å². The number of carbonyl (C=O) groups is 1. The summed E-state index contributed by atoms with van der Waals surface area (Å²) in [6.45, 7) is -20.5. The molecule has 1 aromatic carbocycles. The minimum absolute atomic E-state index is 0.0433. The van der Waals surface area contributed by atoms with Gasteiger partial charge in [0.1, 0.15) is 0 Å². The molecule has 0 bridgehead atoms. The number of hydrogen-bond donors (Lipinski definition) is 1. The van der Waals surface area contributed by atoms with E-state index < -0.39 is 97.6 Å². The number of anilines is 1. The minimum Gasteiger partial charge on any atom is -0.368 e. The molecule has 156 valence electrons. The Labute approximate surface area is 200 Å². The summed E-state index contributed by atoms with van der Waals surface area (Å²) >= 11 is 6.29. The highest BCUT2D eigenvalue weighted by Gasteiger charge is 2.24. The van der Waals surface area contributed by atoms with Crippen molar-refractivity contribution < 1.29 is 29.5 Å². The molecule has 0 atom stereocenters. The number of halogens is 1. The van der Waals surface area contributed by atoms with Gasteiger partial charge in [-0.15, -0.1) is 0 Å². The summed E-state index contributed by atoms with van der Waals surface area (Å²) in [5, 5.41) is 1.89. The van der Waals surface area contributed by atoms with E-state index in [-0.39, 0.29) is 36.1 Å². The van der Waals surface area contributed by atoms with Gasteiger partial charge in [0, 0.05) is 61.1 Å². The highest BCUT2D eigenvalue weighted by molar-refractivity contribution is 6.34. The molecule has 2 amide bonds. The van der Waals surface area contributed by atoms with E-state index in [1.165, 1.54) is 6.92 Å². The fourth-order valence-corrected chi connectivity index (χ4v) is 3.04. The Bertz CT molecular complexity index is 1300. The van der Waals surface area contributed by atoms with Crippen LogP contribution < -0.4 is 10.2 Å². The van der Waals surface area contributed by atoms with Gasteiger partial charge in [-0.3, -0.25) is 4.90 Å². The normalized spacial score (nSPS) is 41.6. The lowest BCUT2D eigenvalue weighted by Gasteiger charge is -2.37. The molecule has 2 fully saturated rings. The number of nitrogens with zero attached hydrogens (tertiary/aromatic N) is 3. The first kappa shape index (κ1) is 7.99. The van der Waals surface area contributed by atoms with Gasteiger partial charge in [0.05, 0.1) is 20.3 Å². The molecule has 28 heavy (non-hydrogen) atoms. The zero-order chi connectivity index (χ0) is 36.0. The quantitative estimate of drug-likeness (QED) is 0.776. The SMILES string of the molecule is [2H]c1c([2H])c(C)c(Cl)c(N2C([2H])([2H])C([2H])([2H])N(C([2H])([2H])C([2H])([2H])C3CCC(NC(=O)N(C)C([2H])([2H])[2H])CC3)C([2H])([2H])C2([2H])[2H])c1[2H]. The fourth-order valence-electron chi connectivity index (χ4n) is 2.86. The highest BCUT2D eigenvalue weighted by Crippen LogP contribution is 2.30. The van der Waals surface area contributed by atoms with Crippen molar-refractivity contribution in [3.8, 4) is 0 Å². The number of rotatable bonds is 5. The van der Waals surface area contributed by atoms with Crippen LogP contribution in [0.1, 0.15) is 62.3 Å². The molecule has 3 rings (SSSR count). The molecule has 5 nitrogen and oxygen atoms in total. The van der Waals surface area contributed by atoms with Crippen molar-refractivity contribution in [2.45, 2.75) is 45.0 Å². The van der Waals surface area contributed by atoms with E-state index in [1.807, 2.05) is 0 Å². The van der Waals surface area contributed by atoms with E-state index >= 15 is 0 Å². The van der Waals surface area contributed by atoms with Gasteiger partial charge in [0.2, 0.25) is 0 Å². The van der Waals surface area contributed by atoms with Crippen LogP contribution in [0.3, 0.4) is 0 Å². The summed E-state index contributed by atoms with van der Waals surface area (Å²) in [6.07, 6.45) is -3.33. The van der Waals surface area contributed by atoms with Gasteiger partial charge < -0.3 is 15.1 Å². The smallest absolute Gasteiger partial charge is 0.317 e. The molecule has 1 heterocycles. The maximum Gasteiger partial charge on any atom is 0.317 e. The van der Waals surface area contributed by atoms with Crippen LogP contribution in [-0.4, -0.2) is 68.4 Å². The van der Waals surface area contributed by atoms with Crippen molar-refractivity contribution in [1.82, 2.24) is 15.1 Å². The molecule has 1 aromatic rings. The van der Waals surface area contributed by atoms with Gasteiger partial charge in [-0.25, -0.2) is 4.79 Å². The molecule has 1 saturated carbocycles. The topological polar surface area (TPSA) is 38.8 Å². The molecule has 0 aromatic heterocycles. The molecule has 1 saturated heterocycles. The van der Waals surface area contributed by atoms with Gasteiger partial charge >= 0.3 is 6.03 Å². The first-order valence-electron chi connectivity index (χ1n) is 17.8. The summed E-state index contributed by atoms with van der Waals surface area (Å²) in [5.41, 5.74) is -1.13. The Morgan fingerprint density at radius 2 is 2.07 bits per heavy atom. The maximum atomic E-state index is 12.3. The molecule has 6 heteroatoms. The summed E-state index contributed by atoms with van der Waals surface area (Å²) in [5.74, 6) is -1.26. The van der Waals surface area contributed by atoms with Crippen molar-refractivity contribution in [2.75, 3.05) is 51.4 Å². The molecule has 1 aliphatic heterocycles. The number of piperazine rings is 1. The molecule has 0 unspecified atom stereocenters. The van der Waals surface area contributed by atoms with Crippen LogP contribution in [0.15, 0.2) is 18.1 Å². The van der Waals surface area contributed by atoms with Crippen LogP contribution in [0, 0.1) is 12.8 Å². The summed E-state index contributed by atoms with van der Waals surface area (Å²) in [7, 11) is 1.07. The van der Waals surface area contributed by atoms with Crippen molar-refractivity contribution >= 4 is 23.3 Å². The van der Waals surface area contributed by atoms with Crippen LogP contribution in [0.5, 0.6) is 0 Å². The van der Waals surface area contributed by atoms with E-state index in [9.17, 15) is 4.79 Å². The van der Waals surface area contributed by atoms with Crippen LogP contribution in [-0.2, 0) is 0 Å². The Hall–Kier alpha value is -1.46. The predicted molar refractivity (Wildman–Crippen MR) is 117 cm³/mol. The van der Waals surface area contributed by atoms with Crippen molar-refractivity contribution in [3.63, 3.8) is 0 Å². The molecule has 1 N–H and O–H groups in total. The summed E-state index contributed by atoms with van der Waals surface area (Å²) < 4.78 is 151. The molecular weight excluding hydrogens is 372 g/mol. The zero-order valence-electron chi connectivity index (χ0n) is 33.6. The van der Waals surface area contributed by atoms with Crippen LogP contribution in [0.2, 0.25) is 5.02 Å².